The summed E-state index contributed by atoms with van der Waals surface area (Å²) in [7, 11) is 0. The standard InChI is InChI=1S/C46H54N8O6/c55-44(56)37(30-10-13-47-20-30)17-28-4-1-5-29(16-28)25-54(26-35-8-2-6-33-23-50-40(52-42(33)35)18-38(45(57)58)31-11-14-48-21-31)27-36-9-3-7-34-24-51-41(53-43(34)36)19-39(46(59)60)32-12-15-49-22-32/h1-9,16,23-24,30-32,37-39,47-49H,10-15,17-22,25-27H2,(H,55,56)(H,57,58)(H,59,60)/t30-,31-,32-,37-,38-,39-/m0/s1. The van der Waals surface area contributed by atoms with E-state index in [0.29, 0.717) is 57.3 Å². The second-order valence-corrected chi connectivity index (χ2v) is 17.0. The second kappa shape index (κ2) is 18.9. The fourth-order valence-electron chi connectivity index (χ4n) is 9.60. The lowest BCUT2D eigenvalue weighted by molar-refractivity contribution is -0.144. The highest BCUT2D eigenvalue weighted by Gasteiger charge is 2.33. The Morgan fingerprint density at radius 3 is 1.45 bits per heavy atom. The summed E-state index contributed by atoms with van der Waals surface area (Å²) >= 11 is 0. The number of aliphatic carboxylic acids is 3. The van der Waals surface area contributed by atoms with Gasteiger partial charge in [-0.1, -0.05) is 60.7 Å². The van der Waals surface area contributed by atoms with E-state index in [4.69, 9.17) is 9.97 Å². The summed E-state index contributed by atoms with van der Waals surface area (Å²) in [5.41, 5.74) is 5.49. The number of rotatable bonds is 18. The normalized spacial score (nSPS) is 20.8. The molecule has 8 rings (SSSR count). The quantitative estimate of drug-likeness (QED) is 0.0730. The Balaban J connectivity index is 1.12. The van der Waals surface area contributed by atoms with Crippen LogP contribution in [0, 0.1) is 35.5 Å². The molecule has 5 heterocycles. The Morgan fingerprint density at radius 2 is 1.02 bits per heavy atom. The zero-order valence-electron chi connectivity index (χ0n) is 33.8. The van der Waals surface area contributed by atoms with Crippen LogP contribution in [-0.4, -0.2) is 97.3 Å². The summed E-state index contributed by atoms with van der Waals surface area (Å²) < 4.78 is 0. The first-order valence-corrected chi connectivity index (χ1v) is 21.3. The number of hydrogen-bond donors (Lipinski definition) is 6. The molecule has 14 nitrogen and oxygen atoms in total. The molecule has 0 unspecified atom stereocenters. The largest absolute Gasteiger partial charge is 0.481 e. The summed E-state index contributed by atoms with van der Waals surface area (Å²) in [4.78, 5) is 58.8. The molecule has 3 aliphatic heterocycles. The van der Waals surface area contributed by atoms with Gasteiger partial charge in [0.2, 0.25) is 0 Å². The van der Waals surface area contributed by atoms with Gasteiger partial charge in [-0.3, -0.25) is 19.3 Å². The number of para-hydroxylation sites is 2. The summed E-state index contributed by atoms with van der Waals surface area (Å²) in [6.07, 6.45) is 6.97. The van der Waals surface area contributed by atoms with Gasteiger partial charge in [0.25, 0.3) is 0 Å². The van der Waals surface area contributed by atoms with E-state index in [-0.39, 0.29) is 30.6 Å². The third-order valence-electron chi connectivity index (χ3n) is 12.9. The van der Waals surface area contributed by atoms with Crippen molar-refractivity contribution >= 4 is 39.7 Å². The monoisotopic (exact) mass is 814 g/mol. The van der Waals surface area contributed by atoms with E-state index in [0.717, 1.165) is 83.0 Å². The first-order chi connectivity index (χ1) is 29.2. The Morgan fingerprint density at radius 1 is 0.583 bits per heavy atom. The Hall–Kier alpha value is -5.41. The van der Waals surface area contributed by atoms with Gasteiger partial charge in [0.05, 0.1) is 28.8 Å². The lowest BCUT2D eigenvalue weighted by Gasteiger charge is -2.25. The minimum atomic E-state index is -0.834. The van der Waals surface area contributed by atoms with Crippen molar-refractivity contribution in [3.63, 3.8) is 0 Å². The maximum atomic E-state index is 12.4. The van der Waals surface area contributed by atoms with Crippen molar-refractivity contribution in [2.75, 3.05) is 39.3 Å². The van der Waals surface area contributed by atoms with Crippen molar-refractivity contribution in [1.82, 2.24) is 40.8 Å². The molecule has 3 saturated heterocycles. The zero-order valence-corrected chi connectivity index (χ0v) is 33.8. The van der Waals surface area contributed by atoms with Crippen molar-refractivity contribution in [2.24, 2.45) is 35.5 Å². The van der Waals surface area contributed by atoms with Crippen LogP contribution in [0.5, 0.6) is 0 Å². The fourth-order valence-corrected chi connectivity index (χ4v) is 9.60. The lowest BCUT2D eigenvalue weighted by Crippen LogP contribution is -2.28. The fraction of sp³-hybridized carbons (Fsp3) is 0.457. The number of benzene rings is 3. The Kier molecular flexibility index (Phi) is 13.0. The smallest absolute Gasteiger partial charge is 0.307 e. The summed E-state index contributed by atoms with van der Waals surface area (Å²) in [6.45, 7) is 5.99. The molecule has 3 aromatic carbocycles. The van der Waals surface area contributed by atoms with Crippen LogP contribution in [0.2, 0.25) is 0 Å². The number of carbonyl (C=O) groups is 3. The average molecular weight is 815 g/mol. The number of nitrogens with one attached hydrogen (secondary N) is 3. The molecular formula is C46H54N8O6. The minimum absolute atomic E-state index is 0.0173. The van der Waals surface area contributed by atoms with Crippen LogP contribution in [0.3, 0.4) is 0 Å². The van der Waals surface area contributed by atoms with Crippen LogP contribution >= 0.6 is 0 Å². The number of nitrogens with zero attached hydrogens (tertiary/aromatic N) is 5. The highest BCUT2D eigenvalue weighted by atomic mass is 16.4. The van der Waals surface area contributed by atoms with Crippen molar-refractivity contribution in [1.29, 1.82) is 0 Å². The van der Waals surface area contributed by atoms with Crippen LogP contribution in [0.25, 0.3) is 21.8 Å². The second-order valence-electron chi connectivity index (χ2n) is 17.0. The highest BCUT2D eigenvalue weighted by Crippen LogP contribution is 2.29. The van der Waals surface area contributed by atoms with Crippen molar-refractivity contribution in [3.8, 4) is 0 Å². The van der Waals surface area contributed by atoms with Crippen LogP contribution in [-0.2, 0) is 53.3 Å². The highest BCUT2D eigenvalue weighted by molar-refractivity contribution is 5.82. The van der Waals surface area contributed by atoms with E-state index in [1.807, 2.05) is 36.4 Å². The molecule has 314 valence electrons. The van der Waals surface area contributed by atoms with Crippen LogP contribution in [0.15, 0.2) is 73.1 Å². The first-order valence-electron chi connectivity index (χ1n) is 21.3. The molecule has 6 N–H and O–H groups in total. The van der Waals surface area contributed by atoms with Gasteiger partial charge in [-0.2, -0.15) is 0 Å². The predicted molar refractivity (Wildman–Crippen MR) is 226 cm³/mol. The van der Waals surface area contributed by atoms with Crippen molar-refractivity contribution in [3.05, 3.63) is 107 Å². The van der Waals surface area contributed by atoms with Crippen LogP contribution in [0.4, 0.5) is 0 Å². The van der Waals surface area contributed by atoms with Crippen LogP contribution in [0.1, 0.15) is 53.2 Å². The lowest BCUT2D eigenvalue weighted by atomic mass is 9.86. The van der Waals surface area contributed by atoms with Gasteiger partial charge in [0.15, 0.2) is 0 Å². The Bertz CT molecular complexity index is 2200. The average Bonchev–Trinajstić information content (AvgIpc) is 4.07. The maximum Gasteiger partial charge on any atom is 0.307 e. The van der Waals surface area contributed by atoms with Crippen molar-refractivity contribution in [2.45, 2.75) is 58.2 Å². The SMILES string of the molecule is O=C(O)[C@@H](Cc1cccc(CN(Cc2cccc3cnc(C[C@H](C(=O)O)[C@H]4CCNC4)nc23)Cc2cccc3cnc(C[C@H](C(=O)O)[C@H]4CCNC4)nc23)c1)[C@H]1CCNC1. The number of carboxylic acids is 3. The van der Waals surface area contributed by atoms with E-state index >= 15 is 0 Å². The van der Waals surface area contributed by atoms with Crippen LogP contribution < -0.4 is 16.0 Å². The molecule has 0 spiro atoms. The molecular weight excluding hydrogens is 761 g/mol. The molecule has 14 heteroatoms. The van der Waals surface area contributed by atoms with E-state index in [1.165, 1.54) is 0 Å². The van der Waals surface area contributed by atoms with Crippen molar-refractivity contribution < 1.29 is 29.7 Å². The molecule has 0 bridgehead atoms. The topological polar surface area (TPSA) is 203 Å². The number of hydrogen-bond acceptors (Lipinski definition) is 11. The molecule has 0 radical (unpaired) electrons. The van der Waals surface area contributed by atoms with Gasteiger partial charge in [0, 0.05) is 55.6 Å². The first kappa shape index (κ1) is 41.3. The molecule has 3 fully saturated rings. The molecule has 5 aromatic rings. The maximum absolute atomic E-state index is 12.4. The van der Waals surface area contributed by atoms with Gasteiger partial charge in [-0.25, -0.2) is 19.9 Å². The van der Waals surface area contributed by atoms with E-state index in [1.54, 1.807) is 12.4 Å². The molecule has 0 aliphatic carbocycles. The molecule has 0 amide bonds. The summed E-state index contributed by atoms with van der Waals surface area (Å²) in [5, 5.41) is 42.1. The number of carboxylic acid groups (broad SMARTS) is 3. The minimum Gasteiger partial charge on any atom is -0.481 e. The molecule has 60 heavy (non-hydrogen) atoms. The van der Waals surface area contributed by atoms with Gasteiger partial charge >= 0.3 is 17.9 Å². The van der Waals surface area contributed by atoms with Gasteiger partial charge < -0.3 is 31.3 Å². The number of aromatic nitrogens is 4. The van der Waals surface area contributed by atoms with E-state index < -0.39 is 35.7 Å². The summed E-state index contributed by atoms with van der Waals surface area (Å²) in [6, 6.07) is 20.2. The molecule has 3 aliphatic rings. The molecule has 0 saturated carbocycles. The van der Waals surface area contributed by atoms with Gasteiger partial charge in [-0.15, -0.1) is 0 Å². The van der Waals surface area contributed by atoms with E-state index in [9.17, 15) is 29.7 Å². The van der Waals surface area contributed by atoms with Gasteiger partial charge in [-0.05, 0) is 105 Å². The molecule has 2 aromatic heterocycles. The summed E-state index contributed by atoms with van der Waals surface area (Å²) in [5.74, 6) is -2.95. The molecule has 6 atom stereocenters. The predicted octanol–water partition coefficient (Wildman–Crippen LogP) is 4.33. The van der Waals surface area contributed by atoms with E-state index in [2.05, 4.69) is 55.1 Å². The van der Waals surface area contributed by atoms with Gasteiger partial charge in [0.1, 0.15) is 11.6 Å². The zero-order chi connectivity index (χ0) is 41.6. The third-order valence-corrected chi connectivity index (χ3v) is 12.9. The Labute approximate surface area is 349 Å². The number of fused-ring (bicyclic) bond motifs is 2. The third kappa shape index (κ3) is 9.79.